The van der Waals surface area contributed by atoms with Crippen LogP contribution in [0.3, 0.4) is 0 Å². The first kappa shape index (κ1) is 41.8. The lowest BCUT2D eigenvalue weighted by Crippen LogP contribution is -2.31. The van der Waals surface area contributed by atoms with Gasteiger partial charge < -0.3 is 39.4 Å². The molecule has 0 saturated heterocycles. The van der Waals surface area contributed by atoms with Crippen LogP contribution in [0, 0.1) is 0 Å². The van der Waals surface area contributed by atoms with Gasteiger partial charge in [0.15, 0.2) is 0 Å². The van der Waals surface area contributed by atoms with Gasteiger partial charge in [0.25, 0.3) is 15.9 Å². The molecule has 0 unspecified atom stereocenters. The number of hydrogen-bond acceptors (Lipinski definition) is 11. The van der Waals surface area contributed by atoms with Gasteiger partial charge in [-0.25, -0.2) is 18.2 Å². The third kappa shape index (κ3) is 17.1. The molecule has 3 rings (SSSR count). The van der Waals surface area contributed by atoms with Crippen molar-refractivity contribution in [2.75, 3.05) is 70.7 Å². The Morgan fingerprint density at radius 3 is 2.00 bits per heavy atom. The molecule has 0 spiro atoms. The van der Waals surface area contributed by atoms with Crippen molar-refractivity contribution in [3.8, 4) is 5.75 Å². The summed E-state index contributed by atoms with van der Waals surface area (Å²) < 4.78 is 54.8. The summed E-state index contributed by atoms with van der Waals surface area (Å²) in [5, 5.41) is 13.7. The first-order valence-electron chi connectivity index (χ1n) is 17.0. The van der Waals surface area contributed by atoms with Gasteiger partial charge >= 0.3 is 5.97 Å². The number of nitrogens with zero attached hydrogens (tertiary/aromatic N) is 1. The Labute approximate surface area is 304 Å². The van der Waals surface area contributed by atoms with E-state index in [9.17, 15) is 22.8 Å². The van der Waals surface area contributed by atoms with Crippen LogP contribution >= 0.6 is 0 Å². The Morgan fingerprint density at radius 2 is 1.37 bits per heavy atom. The average Bonchev–Trinajstić information content (AvgIpc) is 3.13. The number of ether oxygens (including phenoxy) is 5. The summed E-state index contributed by atoms with van der Waals surface area (Å²) in [5.74, 6) is -0.972. The molecule has 0 aliphatic heterocycles. The smallest absolute Gasteiger partial charge is 0.329 e. The number of amides is 2. The maximum atomic E-state index is 12.9. The molecule has 0 fully saturated rings. The molecule has 1 aromatic heterocycles. The number of anilines is 1. The van der Waals surface area contributed by atoms with Gasteiger partial charge in [-0.05, 0) is 60.4 Å². The van der Waals surface area contributed by atoms with Crippen molar-refractivity contribution >= 4 is 33.6 Å². The van der Waals surface area contributed by atoms with Crippen LogP contribution in [0.4, 0.5) is 5.82 Å². The van der Waals surface area contributed by atoms with Crippen molar-refractivity contribution in [2.45, 2.75) is 44.1 Å². The molecule has 0 aliphatic rings. The largest absolute Gasteiger partial charge is 0.489 e. The van der Waals surface area contributed by atoms with E-state index in [1.807, 2.05) is 12.1 Å². The highest BCUT2D eigenvalue weighted by molar-refractivity contribution is 7.92. The van der Waals surface area contributed by atoms with E-state index in [1.165, 1.54) is 55.3 Å². The number of aliphatic carboxylic acids is 1. The SMILES string of the molecule is CCCCCc1ccc(OCc2ccc(S(=O)(=O)Nc3ccc(C(=O)NCCOCCOCC(=O)NCCOCCOCC(=O)O)cn3)cc2)cc1. The summed E-state index contributed by atoms with van der Waals surface area (Å²) in [7, 11) is -3.91. The molecule has 2 amide bonds. The van der Waals surface area contributed by atoms with E-state index >= 15 is 0 Å². The third-order valence-corrected chi connectivity index (χ3v) is 8.57. The number of aryl methyl sites for hydroxylation is 1. The third-order valence-electron chi connectivity index (χ3n) is 7.20. The summed E-state index contributed by atoms with van der Waals surface area (Å²) in [4.78, 5) is 38.6. The quantitative estimate of drug-likeness (QED) is 0.0833. The number of carboxylic acid groups (broad SMARTS) is 1. The highest BCUT2D eigenvalue weighted by Gasteiger charge is 2.16. The van der Waals surface area contributed by atoms with E-state index in [0.717, 1.165) is 17.7 Å². The number of nitrogens with one attached hydrogen (secondary N) is 3. The summed E-state index contributed by atoms with van der Waals surface area (Å²) in [6, 6.07) is 17.3. The number of sulfonamides is 1. The lowest BCUT2D eigenvalue weighted by Gasteiger charge is -2.10. The molecule has 3 aromatic rings. The number of benzene rings is 2. The Morgan fingerprint density at radius 1 is 0.731 bits per heavy atom. The Balaban J connectivity index is 1.26. The fraction of sp³-hybridized carbons (Fsp3) is 0.444. The topological polar surface area (TPSA) is 201 Å². The minimum atomic E-state index is -3.91. The molecule has 52 heavy (non-hydrogen) atoms. The highest BCUT2D eigenvalue weighted by atomic mass is 32.2. The first-order valence-corrected chi connectivity index (χ1v) is 18.5. The van der Waals surface area contributed by atoms with Crippen LogP contribution in [0.15, 0.2) is 71.8 Å². The lowest BCUT2D eigenvalue weighted by atomic mass is 10.1. The molecule has 0 bridgehead atoms. The lowest BCUT2D eigenvalue weighted by molar-refractivity contribution is -0.142. The van der Waals surface area contributed by atoms with Crippen LogP contribution in [0.1, 0.15) is 47.7 Å². The van der Waals surface area contributed by atoms with Gasteiger partial charge in [-0.3, -0.25) is 14.3 Å². The van der Waals surface area contributed by atoms with Gasteiger partial charge in [-0.1, -0.05) is 44.0 Å². The van der Waals surface area contributed by atoms with Crippen LogP contribution in [0.25, 0.3) is 0 Å². The fourth-order valence-electron chi connectivity index (χ4n) is 4.46. The number of hydrogen-bond donors (Lipinski definition) is 4. The molecule has 15 nitrogen and oxygen atoms in total. The van der Waals surface area contributed by atoms with E-state index < -0.39 is 21.9 Å². The van der Waals surface area contributed by atoms with E-state index in [4.69, 9.17) is 28.8 Å². The Hall–Kier alpha value is -4.61. The van der Waals surface area contributed by atoms with Gasteiger partial charge in [0, 0.05) is 19.3 Å². The highest BCUT2D eigenvalue weighted by Crippen LogP contribution is 2.19. The molecule has 0 saturated carbocycles. The zero-order chi connectivity index (χ0) is 37.4. The van der Waals surface area contributed by atoms with Crippen LogP contribution in [-0.4, -0.2) is 102 Å². The van der Waals surface area contributed by atoms with Gasteiger partial charge in [0.2, 0.25) is 5.91 Å². The van der Waals surface area contributed by atoms with Crippen molar-refractivity contribution in [3.63, 3.8) is 0 Å². The maximum absolute atomic E-state index is 12.9. The van der Waals surface area contributed by atoms with Gasteiger partial charge in [0.1, 0.15) is 31.4 Å². The number of carboxylic acids is 1. The zero-order valence-corrected chi connectivity index (χ0v) is 30.2. The Kier molecular flexibility index (Phi) is 19.1. The molecule has 0 radical (unpaired) electrons. The maximum Gasteiger partial charge on any atom is 0.329 e. The molecule has 284 valence electrons. The number of aromatic nitrogens is 1. The molecular formula is C36H48N4O11S. The van der Waals surface area contributed by atoms with Crippen molar-refractivity contribution in [1.29, 1.82) is 0 Å². The summed E-state index contributed by atoms with van der Waals surface area (Å²) >= 11 is 0. The van der Waals surface area contributed by atoms with Crippen molar-refractivity contribution in [2.24, 2.45) is 0 Å². The summed E-state index contributed by atoms with van der Waals surface area (Å²) in [6.07, 6.45) is 5.89. The van der Waals surface area contributed by atoms with E-state index in [1.54, 1.807) is 12.1 Å². The van der Waals surface area contributed by atoms with Crippen LogP contribution in [0.5, 0.6) is 5.75 Å². The molecular weight excluding hydrogens is 696 g/mol. The summed E-state index contributed by atoms with van der Waals surface area (Å²) in [6.45, 7) is 3.62. The van der Waals surface area contributed by atoms with Crippen molar-refractivity contribution < 1.29 is 51.6 Å². The average molecular weight is 745 g/mol. The van der Waals surface area contributed by atoms with Gasteiger partial charge in [0.05, 0.1) is 50.1 Å². The van der Waals surface area contributed by atoms with Crippen LogP contribution in [0.2, 0.25) is 0 Å². The second kappa shape index (κ2) is 23.8. The number of pyridine rings is 1. The molecule has 16 heteroatoms. The molecule has 0 aliphatic carbocycles. The Bertz CT molecular complexity index is 1600. The zero-order valence-electron chi connectivity index (χ0n) is 29.3. The van der Waals surface area contributed by atoms with Gasteiger partial charge in [-0.15, -0.1) is 0 Å². The minimum absolute atomic E-state index is 0.0611. The van der Waals surface area contributed by atoms with Crippen LogP contribution < -0.4 is 20.1 Å². The number of carbonyl (C=O) groups excluding carboxylic acids is 2. The first-order chi connectivity index (χ1) is 25.2. The number of rotatable bonds is 27. The second-order valence-corrected chi connectivity index (χ2v) is 13.1. The summed E-state index contributed by atoms with van der Waals surface area (Å²) in [5.41, 5.74) is 2.34. The molecule has 0 atom stereocenters. The minimum Gasteiger partial charge on any atom is -0.489 e. The fourth-order valence-corrected chi connectivity index (χ4v) is 5.47. The number of unbranched alkanes of at least 4 members (excludes halogenated alkanes) is 2. The van der Waals surface area contributed by atoms with Gasteiger partial charge in [-0.2, -0.15) is 0 Å². The number of carbonyl (C=O) groups is 3. The van der Waals surface area contributed by atoms with Crippen LogP contribution in [-0.2, 0) is 51.6 Å². The monoisotopic (exact) mass is 744 g/mol. The molecule has 1 heterocycles. The van der Waals surface area contributed by atoms with Crippen molar-refractivity contribution in [3.05, 3.63) is 83.6 Å². The second-order valence-electron chi connectivity index (χ2n) is 11.4. The normalized spacial score (nSPS) is 11.2. The predicted octanol–water partition coefficient (Wildman–Crippen LogP) is 3.19. The molecule has 4 N–H and O–H groups in total. The standard InChI is InChI=1S/C36H48N4O11S/c1-2-3-4-5-28-6-11-31(12-7-28)51-25-29-8-13-32(14-9-29)52(45,46)40-33-15-10-30(24-39-33)36(44)38-17-19-48-20-22-49-26-34(41)37-16-18-47-21-23-50-27-35(42)43/h6-15,24H,2-5,16-23,25-27H2,1H3,(H,37,41)(H,38,44)(H,39,40)(H,42,43). The predicted molar refractivity (Wildman–Crippen MR) is 192 cm³/mol. The van der Waals surface area contributed by atoms with E-state index in [0.29, 0.717) is 6.61 Å². The van der Waals surface area contributed by atoms with E-state index in [-0.39, 0.29) is 88.1 Å². The van der Waals surface area contributed by atoms with E-state index in [2.05, 4.69) is 39.4 Å². The molecule has 2 aromatic carbocycles. The van der Waals surface area contributed by atoms with Crippen molar-refractivity contribution in [1.82, 2.24) is 15.6 Å².